The second kappa shape index (κ2) is 9.59. The number of carbonyl (C=O) groups excluding carboxylic acids is 3. The van der Waals surface area contributed by atoms with Crippen LogP contribution in [0.25, 0.3) is 12.2 Å². The van der Waals surface area contributed by atoms with Crippen LogP contribution in [0.1, 0.15) is 39.0 Å². The lowest BCUT2D eigenvalue weighted by molar-refractivity contribution is -0.148. The van der Waals surface area contributed by atoms with Gasteiger partial charge in [0.25, 0.3) is 5.91 Å². The predicted molar refractivity (Wildman–Crippen MR) is 150 cm³/mol. The fourth-order valence-corrected chi connectivity index (χ4v) is 6.65. The zero-order valence-corrected chi connectivity index (χ0v) is 23.3. The van der Waals surface area contributed by atoms with Gasteiger partial charge >= 0.3 is 0 Å². The van der Waals surface area contributed by atoms with E-state index >= 15 is 0 Å². The molecule has 1 unspecified atom stereocenters. The maximum atomic E-state index is 13.9. The van der Waals surface area contributed by atoms with E-state index in [9.17, 15) is 29.7 Å². The number of nitrogens with two attached hydrogens (primary N) is 1. The molecule has 3 aliphatic carbocycles. The molecule has 0 aliphatic heterocycles. The Hall–Kier alpha value is -3.53. The van der Waals surface area contributed by atoms with Crippen LogP contribution in [0.5, 0.6) is 0 Å². The van der Waals surface area contributed by atoms with Crippen LogP contribution in [-0.2, 0) is 16.0 Å². The van der Waals surface area contributed by atoms with E-state index in [0.717, 1.165) is 21.2 Å². The van der Waals surface area contributed by atoms with Crippen molar-refractivity contribution in [3.05, 3.63) is 91.4 Å². The van der Waals surface area contributed by atoms with Crippen LogP contribution in [0, 0.1) is 18.8 Å². The summed E-state index contributed by atoms with van der Waals surface area (Å²) >= 11 is 3.43. The molecule has 5 N–H and O–H groups in total. The second-order valence-corrected chi connectivity index (χ2v) is 11.6. The summed E-state index contributed by atoms with van der Waals surface area (Å²) in [5, 5.41) is 34.1. The van der Waals surface area contributed by atoms with Crippen LogP contribution in [0.2, 0.25) is 0 Å². The molecule has 0 spiro atoms. The van der Waals surface area contributed by atoms with Gasteiger partial charge in [0.1, 0.15) is 17.1 Å². The number of hydrogen-bond donors (Lipinski definition) is 4. The number of hydrogen-bond acceptors (Lipinski definition) is 7. The number of primary amides is 1. The Bertz CT molecular complexity index is 1520. The number of halogens is 1. The molecule has 0 saturated heterocycles. The average molecular weight is 593 g/mol. The molecule has 9 heteroatoms. The van der Waals surface area contributed by atoms with Gasteiger partial charge in [-0.1, -0.05) is 52.3 Å². The number of benzene rings is 2. The first-order valence-corrected chi connectivity index (χ1v) is 13.4. The van der Waals surface area contributed by atoms with E-state index in [0.29, 0.717) is 17.5 Å². The molecule has 2 aromatic carbocycles. The molecule has 0 heterocycles. The average Bonchev–Trinajstić information content (AvgIpc) is 2.86. The Morgan fingerprint density at radius 1 is 1.10 bits per heavy atom. The number of aliphatic hydroxyl groups excluding tert-OH is 2. The maximum Gasteiger partial charge on any atom is 0.255 e. The normalized spacial score (nSPS) is 26.7. The van der Waals surface area contributed by atoms with Gasteiger partial charge in [-0.3, -0.25) is 19.3 Å². The van der Waals surface area contributed by atoms with E-state index in [4.69, 9.17) is 5.73 Å². The summed E-state index contributed by atoms with van der Waals surface area (Å²) < 4.78 is 0.968. The van der Waals surface area contributed by atoms with E-state index < -0.39 is 58.0 Å². The molecule has 2 aromatic rings. The Balaban J connectivity index is 1.65. The van der Waals surface area contributed by atoms with Crippen molar-refractivity contribution in [1.82, 2.24) is 4.90 Å². The van der Waals surface area contributed by atoms with Crippen molar-refractivity contribution in [3.8, 4) is 0 Å². The van der Waals surface area contributed by atoms with Crippen LogP contribution in [0.3, 0.4) is 0 Å². The molecular weight excluding hydrogens is 564 g/mol. The van der Waals surface area contributed by atoms with Crippen molar-refractivity contribution in [2.45, 2.75) is 31.4 Å². The van der Waals surface area contributed by atoms with Crippen molar-refractivity contribution in [1.29, 1.82) is 0 Å². The number of carbonyl (C=O) groups is 3. The molecular formula is C30H29BrN2O6. The van der Waals surface area contributed by atoms with Crippen molar-refractivity contribution < 1.29 is 29.7 Å². The quantitative estimate of drug-likeness (QED) is 0.313. The summed E-state index contributed by atoms with van der Waals surface area (Å²) in [5.74, 6) is -5.71. The molecule has 0 saturated carbocycles. The number of amides is 1. The summed E-state index contributed by atoms with van der Waals surface area (Å²) in [6.45, 7) is 1.80. The van der Waals surface area contributed by atoms with Crippen molar-refractivity contribution in [2.24, 2.45) is 17.6 Å². The first-order chi connectivity index (χ1) is 18.4. The van der Waals surface area contributed by atoms with Gasteiger partial charge in [-0.2, -0.15) is 0 Å². The lowest BCUT2D eigenvalue weighted by Gasteiger charge is -2.50. The number of allylic oxidation sites excluding steroid dienone is 1. The summed E-state index contributed by atoms with van der Waals surface area (Å²) in [7, 11) is 3.25. The molecule has 39 heavy (non-hydrogen) atoms. The second-order valence-electron chi connectivity index (χ2n) is 10.7. The highest BCUT2D eigenvalue weighted by Gasteiger charge is 2.63. The van der Waals surface area contributed by atoms with Gasteiger partial charge in [0, 0.05) is 21.5 Å². The number of nitrogens with zero attached hydrogens (tertiary/aromatic N) is 1. The standard InChI is InChI=1S/C30H29BrN2O6/c1-14-4-8-16(9-5-15-6-10-18(31)11-7-15)19-12-17-13-20-24(33(2)3)26(35)23(29(32)38)28(37)30(20,39)27(36)22(17)25(34)21(14)19/h4-11,17,20,24,35-36,39H,12-13H2,1-3H3,(H2,32,38)/b9-5+/t17-,20-,24-,30?/m0/s1. The van der Waals surface area contributed by atoms with Crippen LogP contribution in [0.15, 0.2) is 63.5 Å². The van der Waals surface area contributed by atoms with Gasteiger partial charge in [-0.05, 0) is 74.2 Å². The summed E-state index contributed by atoms with van der Waals surface area (Å²) in [6.07, 6.45) is 4.41. The highest BCUT2D eigenvalue weighted by Crippen LogP contribution is 2.52. The minimum Gasteiger partial charge on any atom is -0.510 e. The maximum absolute atomic E-state index is 13.9. The number of aliphatic hydroxyl groups is 3. The first kappa shape index (κ1) is 27.1. The number of likely N-dealkylation sites (N-methyl/N-ethyl adjacent to an activating group) is 1. The summed E-state index contributed by atoms with van der Waals surface area (Å²) in [5.41, 5.74) is 5.82. The SMILES string of the molecule is Cc1ccc(/C=C/c2ccc(Br)cc2)c2c1C(=O)C1=C(O)C3(O)C(=O)C(C(N)=O)=C(O)[C@@H](N(C)C)[C@@H]3C[C@@H]1C2. The topological polar surface area (TPSA) is 141 Å². The molecule has 0 fully saturated rings. The van der Waals surface area contributed by atoms with E-state index in [1.165, 1.54) is 0 Å². The number of ketones is 2. The molecule has 8 nitrogen and oxygen atoms in total. The molecule has 5 rings (SSSR count). The van der Waals surface area contributed by atoms with Crippen LogP contribution < -0.4 is 5.73 Å². The fourth-order valence-electron chi connectivity index (χ4n) is 6.38. The summed E-state index contributed by atoms with van der Waals surface area (Å²) in [6, 6.07) is 10.6. The smallest absolute Gasteiger partial charge is 0.255 e. The first-order valence-electron chi connectivity index (χ1n) is 12.6. The van der Waals surface area contributed by atoms with Gasteiger partial charge in [0.2, 0.25) is 5.78 Å². The van der Waals surface area contributed by atoms with E-state index in [-0.39, 0.29) is 12.0 Å². The van der Waals surface area contributed by atoms with Crippen LogP contribution in [-0.4, -0.2) is 63.4 Å². The molecule has 4 atom stereocenters. The van der Waals surface area contributed by atoms with E-state index in [2.05, 4.69) is 15.9 Å². The lowest BCUT2D eigenvalue weighted by Crippen LogP contribution is -2.63. The van der Waals surface area contributed by atoms with Gasteiger partial charge in [0.05, 0.1) is 6.04 Å². The zero-order valence-electron chi connectivity index (χ0n) is 21.7. The zero-order chi connectivity index (χ0) is 28.4. The Morgan fingerprint density at radius 2 is 1.77 bits per heavy atom. The predicted octanol–water partition coefficient (Wildman–Crippen LogP) is 3.66. The Kier molecular flexibility index (Phi) is 6.65. The van der Waals surface area contributed by atoms with Gasteiger partial charge < -0.3 is 21.1 Å². The summed E-state index contributed by atoms with van der Waals surface area (Å²) in [4.78, 5) is 41.0. The largest absolute Gasteiger partial charge is 0.510 e. The molecule has 3 aliphatic rings. The number of Topliss-reactive ketones (excluding diaryl/α,β-unsaturated/α-hetero) is 2. The number of rotatable bonds is 4. The van der Waals surface area contributed by atoms with Crippen molar-refractivity contribution >= 4 is 45.6 Å². The highest BCUT2D eigenvalue weighted by molar-refractivity contribution is 9.10. The van der Waals surface area contributed by atoms with E-state index in [1.54, 1.807) is 25.9 Å². The minimum atomic E-state index is -2.57. The third-order valence-electron chi connectivity index (χ3n) is 8.20. The number of fused-ring (bicyclic) bond motifs is 3. The Morgan fingerprint density at radius 3 is 2.38 bits per heavy atom. The Labute approximate surface area is 234 Å². The molecule has 1 amide bonds. The third kappa shape index (κ3) is 4.07. The van der Waals surface area contributed by atoms with Crippen molar-refractivity contribution in [2.75, 3.05) is 14.1 Å². The van der Waals surface area contributed by atoms with Crippen molar-refractivity contribution in [3.63, 3.8) is 0 Å². The van der Waals surface area contributed by atoms with E-state index in [1.807, 2.05) is 48.6 Å². The third-order valence-corrected chi connectivity index (χ3v) is 8.73. The lowest BCUT2D eigenvalue weighted by atomic mass is 9.58. The molecule has 202 valence electrons. The monoisotopic (exact) mass is 592 g/mol. The van der Waals surface area contributed by atoms with Gasteiger partial charge in [0.15, 0.2) is 11.4 Å². The molecule has 0 aromatic heterocycles. The van der Waals surface area contributed by atoms with Crippen LogP contribution in [0.4, 0.5) is 0 Å². The highest BCUT2D eigenvalue weighted by atomic mass is 79.9. The minimum absolute atomic E-state index is 0.0329. The molecule has 0 radical (unpaired) electrons. The molecule has 0 bridgehead atoms. The van der Waals surface area contributed by atoms with Gasteiger partial charge in [-0.25, -0.2) is 0 Å². The van der Waals surface area contributed by atoms with Crippen LogP contribution >= 0.6 is 15.9 Å². The fraction of sp³-hybridized carbons (Fsp3) is 0.300. The number of aryl methyl sites for hydroxylation is 1. The van der Waals surface area contributed by atoms with Gasteiger partial charge in [-0.15, -0.1) is 0 Å².